The highest BCUT2D eigenvalue weighted by Crippen LogP contribution is 2.17. The second kappa shape index (κ2) is 6.50. The Labute approximate surface area is 134 Å². The first-order valence-corrected chi connectivity index (χ1v) is 7.73. The van der Waals surface area contributed by atoms with Crippen LogP contribution in [0.1, 0.15) is 27.4 Å². The van der Waals surface area contributed by atoms with Crippen LogP contribution < -0.4 is 0 Å². The molecule has 5 nitrogen and oxygen atoms in total. The van der Waals surface area contributed by atoms with Crippen molar-refractivity contribution in [3.63, 3.8) is 0 Å². The maximum absolute atomic E-state index is 12.9. The van der Waals surface area contributed by atoms with Gasteiger partial charge in [-0.1, -0.05) is 5.16 Å². The zero-order chi connectivity index (χ0) is 16.4. The number of benzene rings is 1. The van der Waals surface area contributed by atoms with E-state index in [1.807, 2.05) is 18.7 Å². The van der Waals surface area contributed by atoms with Gasteiger partial charge in [-0.2, -0.15) is 0 Å². The standard InChI is InChI=1S/C17H20FN3O2/c1-12-16(13(2)23-19-12)11-20-7-9-21(10-8-20)17(22)14-3-5-15(18)6-4-14/h3-6H,7-11H2,1-2H3. The Hall–Kier alpha value is -2.21. The smallest absolute Gasteiger partial charge is 0.253 e. The number of halogens is 1. The van der Waals surface area contributed by atoms with Gasteiger partial charge in [0.2, 0.25) is 0 Å². The van der Waals surface area contributed by atoms with Crippen LogP contribution in [0.4, 0.5) is 4.39 Å². The molecule has 6 heteroatoms. The van der Waals surface area contributed by atoms with Crippen LogP contribution in [-0.4, -0.2) is 47.0 Å². The van der Waals surface area contributed by atoms with E-state index in [4.69, 9.17) is 4.52 Å². The number of rotatable bonds is 3. The van der Waals surface area contributed by atoms with Crippen molar-refractivity contribution in [3.05, 3.63) is 52.7 Å². The normalized spacial score (nSPS) is 15.9. The predicted molar refractivity (Wildman–Crippen MR) is 83.6 cm³/mol. The third-order valence-corrected chi connectivity index (χ3v) is 4.31. The Kier molecular flexibility index (Phi) is 4.43. The van der Waals surface area contributed by atoms with Crippen LogP contribution in [0.3, 0.4) is 0 Å². The lowest BCUT2D eigenvalue weighted by molar-refractivity contribution is 0.0627. The van der Waals surface area contributed by atoms with Crippen LogP contribution in [0.5, 0.6) is 0 Å². The van der Waals surface area contributed by atoms with E-state index in [2.05, 4.69) is 10.1 Å². The molecule has 0 bridgehead atoms. The van der Waals surface area contributed by atoms with Gasteiger partial charge in [0.15, 0.2) is 0 Å². The minimum absolute atomic E-state index is 0.0398. The number of piperazine rings is 1. The zero-order valence-electron chi connectivity index (χ0n) is 13.4. The van der Waals surface area contributed by atoms with Crippen molar-refractivity contribution in [1.29, 1.82) is 0 Å². The highest BCUT2D eigenvalue weighted by Gasteiger charge is 2.23. The summed E-state index contributed by atoms with van der Waals surface area (Å²) in [6.45, 7) is 7.59. The van der Waals surface area contributed by atoms with Gasteiger partial charge in [0.1, 0.15) is 11.6 Å². The molecular weight excluding hydrogens is 297 g/mol. The maximum Gasteiger partial charge on any atom is 0.253 e. The van der Waals surface area contributed by atoms with Crippen molar-refractivity contribution >= 4 is 5.91 Å². The van der Waals surface area contributed by atoms with Crippen molar-refractivity contribution in [2.24, 2.45) is 0 Å². The Morgan fingerprint density at radius 1 is 1.17 bits per heavy atom. The summed E-state index contributed by atoms with van der Waals surface area (Å²) in [5, 5.41) is 3.97. The van der Waals surface area contributed by atoms with Gasteiger partial charge in [-0.3, -0.25) is 9.69 Å². The van der Waals surface area contributed by atoms with E-state index in [-0.39, 0.29) is 11.7 Å². The second-order valence-electron chi connectivity index (χ2n) is 5.88. The molecule has 1 fully saturated rings. The molecule has 122 valence electrons. The van der Waals surface area contributed by atoms with Crippen molar-refractivity contribution in [1.82, 2.24) is 15.0 Å². The number of hydrogen-bond acceptors (Lipinski definition) is 4. The van der Waals surface area contributed by atoms with Gasteiger partial charge < -0.3 is 9.42 Å². The van der Waals surface area contributed by atoms with E-state index < -0.39 is 0 Å². The molecule has 2 aromatic rings. The molecule has 1 saturated heterocycles. The van der Waals surface area contributed by atoms with E-state index >= 15 is 0 Å². The lowest BCUT2D eigenvalue weighted by atomic mass is 10.1. The number of amides is 1. The summed E-state index contributed by atoms with van der Waals surface area (Å²) in [4.78, 5) is 16.5. The minimum Gasteiger partial charge on any atom is -0.361 e. The van der Waals surface area contributed by atoms with E-state index in [0.717, 1.165) is 36.7 Å². The summed E-state index contributed by atoms with van der Waals surface area (Å²) in [6.07, 6.45) is 0. The highest BCUT2D eigenvalue weighted by atomic mass is 19.1. The lowest BCUT2D eigenvalue weighted by Crippen LogP contribution is -2.48. The molecular formula is C17H20FN3O2. The van der Waals surface area contributed by atoms with Gasteiger partial charge in [-0.05, 0) is 38.1 Å². The van der Waals surface area contributed by atoms with Crippen LogP contribution in [0.25, 0.3) is 0 Å². The third kappa shape index (κ3) is 3.42. The summed E-state index contributed by atoms with van der Waals surface area (Å²) in [7, 11) is 0. The van der Waals surface area contributed by atoms with Crippen molar-refractivity contribution in [2.45, 2.75) is 20.4 Å². The van der Waals surface area contributed by atoms with Crippen molar-refractivity contribution in [2.75, 3.05) is 26.2 Å². The summed E-state index contributed by atoms with van der Waals surface area (Å²) in [5.74, 6) is 0.486. The van der Waals surface area contributed by atoms with Gasteiger partial charge in [-0.15, -0.1) is 0 Å². The van der Waals surface area contributed by atoms with Crippen LogP contribution >= 0.6 is 0 Å². The lowest BCUT2D eigenvalue weighted by Gasteiger charge is -2.34. The average molecular weight is 317 g/mol. The Morgan fingerprint density at radius 3 is 2.39 bits per heavy atom. The number of carbonyl (C=O) groups is 1. The molecule has 0 N–H and O–H groups in total. The van der Waals surface area contributed by atoms with Crippen molar-refractivity contribution in [3.8, 4) is 0 Å². The van der Waals surface area contributed by atoms with Gasteiger partial charge >= 0.3 is 0 Å². The molecule has 0 unspecified atom stereocenters. The van der Waals surface area contributed by atoms with Crippen LogP contribution in [0.15, 0.2) is 28.8 Å². The molecule has 0 aliphatic carbocycles. The summed E-state index contributed by atoms with van der Waals surface area (Å²) >= 11 is 0. The van der Waals surface area contributed by atoms with Gasteiger partial charge in [0.05, 0.1) is 5.69 Å². The van der Waals surface area contributed by atoms with Crippen LogP contribution in [0, 0.1) is 19.7 Å². The van der Waals surface area contributed by atoms with E-state index in [0.29, 0.717) is 18.7 Å². The molecule has 1 aliphatic rings. The average Bonchev–Trinajstić information content (AvgIpc) is 2.87. The second-order valence-corrected chi connectivity index (χ2v) is 5.88. The Balaban J connectivity index is 1.58. The molecule has 2 heterocycles. The zero-order valence-corrected chi connectivity index (χ0v) is 13.4. The molecule has 1 amide bonds. The number of hydrogen-bond donors (Lipinski definition) is 0. The number of nitrogens with zero attached hydrogens (tertiary/aromatic N) is 3. The molecule has 0 spiro atoms. The fourth-order valence-corrected chi connectivity index (χ4v) is 2.84. The summed E-state index contributed by atoms with van der Waals surface area (Å²) in [6, 6.07) is 5.71. The van der Waals surface area contributed by atoms with E-state index in [9.17, 15) is 9.18 Å². The van der Waals surface area contributed by atoms with Gasteiger partial charge in [0, 0.05) is 43.9 Å². The molecule has 0 radical (unpaired) electrons. The van der Waals surface area contributed by atoms with Gasteiger partial charge in [0.25, 0.3) is 5.91 Å². The van der Waals surface area contributed by atoms with Crippen molar-refractivity contribution < 1.29 is 13.7 Å². The molecule has 1 aromatic carbocycles. The van der Waals surface area contributed by atoms with Crippen LogP contribution in [-0.2, 0) is 6.54 Å². The maximum atomic E-state index is 12.9. The predicted octanol–water partition coefficient (Wildman–Crippen LogP) is 2.39. The number of aromatic nitrogens is 1. The fraction of sp³-hybridized carbons (Fsp3) is 0.412. The molecule has 0 atom stereocenters. The molecule has 23 heavy (non-hydrogen) atoms. The van der Waals surface area contributed by atoms with Gasteiger partial charge in [-0.25, -0.2) is 4.39 Å². The molecule has 0 saturated carbocycles. The highest BCUT2D eigenvalue weighted by molar-refractivity contribution is 5.94. The quantitative estimate of drug-likeness (QED) is 0.872. The first kappa shape index (κ1) is 15.7. The Morgan fingerprint density at radius 2 is 1.83 bits per heavy atom. The summed E-state index contributed by atoms with van der Waals surface area (Å²) in [5.41, 5.74) is 2.58. The number of aryl methyl sites for hydroxylation is 2. The van der Waals surface area contributed by atoms with E-state index in [1.54, 1.807) is 0 Å². The SMILES string of the molecule is Cc1noc(C)c1CN1CCN(C(=O)c2ccc(F)cc2)CC1. The first-order valence-electron chi connectivity index (χ1n) is 7.73. The first-order chi connectivity index (χ1) is 11.0. The topological polar surface area (TPSA) is 49.6 Å². The monoisotopic (exact) mass is 317 g/mol. The molecule has 1 aliphatic heterocycles. The third-order valence-electron chi connectivity index (χ3n) is 4.31. The number of carbonyl (C=O) groups excluding carboxylic acids is 1. The minimum atomic E-state index is -0.328. The van der Waals surface area contributed by atoms with Crippen LogP contribution in [0.2, 0.25) is 0 Å². The summed E-state index contributed by atoms with van der Waals surface area (Å²) < 4.78 is 18.1. The van der Waals surface area contributed by atoms with E-state index in [1.165, 1.54) is 24.3 Å². The molecule has 3 rings (SSSR count). The Bertz CT molecular complexity index is 669. The largest absolute Gasteiger partial charge is 0.361 e. The molecule has 1 aromatic heterocycles. The fourth-order valence-electron chi connectivity index (χ4n) is 2.84.